The fourth-order valence-corrected chi connectivity index (χ4v) is 7.08. The van der Waals surface area contributed by atoms with Gasteiger partial charge in [0.1, 0.15) is 35.8 Å². The van der Waals surface area contributed by atoms with Gasteiger partial charge < -0.3 is 28.8 Å². The highest BCUT2D eigenvalue weighted by atomic mass is 35.5. The number of hydrogen-bond donors (Lipinski definition) is 1. The number of hydrogen-bond acceptors (Lipinski definition) is 6. The average Bonchev–Trinajstić information content (AvgIpc) is 3.18. The lowest BCUT2D eigenvalue weighted by Crippen LogP contribution is -2.65. The molecule has 6 rings (SSSR count). The Labute approximate surface area is 312 Å². The van der Waals surface area contributed by atoms with E-state index >= 15 is 0 Å². The Morgan fingerprint density at radius 1 is 0.712 bits per heavy atom. The van der Waals surface area contributed by atoms with Crippen molar-refractivity contribution < 1.29 is 28.8 Å². The molecule has 1 fully saturated rings. The van der Waals surface area contributed by atoms with E-state index in [4.69, 9.17) is 35.3 Å². The van der Waals surface area contributed by atoms with Gasteiger partial charge >= 0.3 is 0 Å². The van der Waals surface area contributed by atoms with Crippen molar-refractivity contribution in [3.8, 4) is 5.75 Å². The Morgan fingerprint density at radius 3 is 1.81 bits per heavy atom. The van der Waals surface area contributed by atoms with Gasteiger partial charge in [-0.15, -0.1) is 6.58 Å². The van der Waals surface area contributed by atoms with E-state index in [1.54, 1.807) is 0 Å². The van der Waals surface area contributed by atoms with Crippen LogP contribution in [0.15, 0.2) is 146 Å². The van der Waals surface area contributed by atoms with Crippen LogP contribution in [0.4, 0.5) is 0 Å². The highest BCUT2D eigenvalue weighted by Crippen LogP contribution is 2.46. The van der Waals surface area contributed by atoms with Gasteiger partial charge in [0.2, 0.25) is 0 Å². The first-order valence-corrected chi connectivity index (χ1v) is 18.3. The van der Waals surface area contributed by atoms with Crippen LogP contribution in [-0.4, -0.2) is 42.7 Å². The minimum Gasteiger partial charge on any atom is -0.494 e. The Balaban J connectivity index is 1.43. The van der Waals surface area contributed by atoms with E-state index in [9.17, 15) is 5.11 Å². The second-order valence-electron chi connectivity index (χ2n) is 13.0. The van der Waals surface area contributed by atoms with Crippen LogP contribution < -0.4 is 4.74 Å². The van der Waals surface area contributed by atoms with Crippen molar-refractivity contribution in [2.75, 3.05) is 13.2 Å². The molecule has 7 heteroatoms. The molecule has 0 saturated carbocycles. The summed E-state index contributed by atoms with van der Waals surface area (Å²) in [5.74, 6) is 0.825. The van der Waals surface area contributed by atoms with Crippen molar-refractivity contribution in [1.82, 2.24) is 0 Å². The third-order valence-electron chi connectivity index (χ3n) is 9.44. The van der Waals surface area contributed by atoms with Crippen LogP contribution in [-0.2, 0) is 50.8 Å². The Bertz CT molecular complexity index is 1820. The first-order chi connectivity index (χ1) is 25.5. The molecular formula is C45H47ClO6. The zero-order valence-corrected chi connectivity index (χ0v) is 30.4. The van der Waals surface area contributed by atoms with Crippen LogP contribution in [0.1, 0.15) is 46.7 Å². The Hall–Kier alpha value is -4.27. The van der Waals surface area contributed by atoms with E-state index in [1.807, 2.05) is 128 Å². The maximum atomic E-state index is 11.0. The molecule has 0 aliphatic carbocycles. The van der Waals surface area contributed by atoms with Gasteiger partial charge in [-0.1, -0.05) is 133 Å². The SMILES string of the molecule is C=CC[C@@]1(c2ccc(Cl)c(Cc3ccc(OCC)cc3)c2)O[C@H](CO)[C@@H](OCc2ccccc2)[C@H](OCc2ccccc2)[C@H]1OCc1ccccc1. The number of rotatable bonds is 17. The molecule has 1 heterocycles. The monoisotopic (exact) mass is 718 g/mol. The number of aliphatic hydroxyl groups is 1. The fraction of sp³-hybridized carbons (Fsp3) is 0.289. The number of benzene rings is 5. The van der Waals surface area contributed by atoms with Crippen LogP contribution in [0.2, 0.25) is 5.02 Å². The number of aliphatic hydroxyl groups excluding tert-OH is 1. The van der Waals surface area contributed by atoms with Crippen LogP contribution in [0.25, 0.3) is 0 Å². The van der Waals surface area contributed by atoms with Crippen LogP contribution in [0.5, 0.6) is 5.75 Å². The molecule has 270 valence electrons. The molecule has 5 aromatic rings. The van der Waals surface area contributed by atoms with Crippen LogP contribution in [0, 0.1) is 0 Å². The van der Waals surface area contributed by atoms with E-state index in [-0.39, 0.29) is 6.61 Å². The van der Waals surface area contributed by atoms with Gasteiger partial charge in [-0.2, -0.15) is 0 Å². The van der Waals surface area contributed by atoms with Crippen molar-refractivity contribution in [1.29, 1.82) is 0 Å². The second-order valence-corrected chi connectivity index (χ2v) is 13.4. The highest BCUT2D eigenvalue weighted by molar-refractivity contribution is 6.31. The van der Waals surface area contributed by atoms with Crippen molar-refractivity contribution in [3.63, 3.8) is 0 Å². The largest absolute Gasteiger partial charge is 0.494 e. The summed E-state index contributed by atoms with van der Waals surface area (Å²) in [6, 6.07) is 44.1. The molecule has 1 aliphatic heterocycles. The lowest BCUT2D eigenvalue weighted by Gasteiger charge is -2.53. The summed E-state index contributed by atoms with van der Waals surface area (Å²) in [6.07, 6.45) is 0.0755. The fourth-order valence-electron chi connectivity index (χ4n) is 6.89. The number of ether oxygens (including phenoxy) is 5. The molecule has 1 saturated heterocycles. The van der Waals surface area contributed by atoms with E-state index in [0.29, 0.717) is 44.3 Å². The van der Waals surface area contributed by atoms with Crippen molar-refractivity contribution >= 4 is 11.6 Å². The molecule has 1 N–H and O–H groups in total. The zero-order valence-electron chi connectivity index (χ0n) is 29.6. The van der Waals surface area contributed by atoms with Gasteiger partial charge in [0.05, 0.1) is 33.0 Å². The standard InChI is InChI=1S/C45H47ClO6/c1-3-26-45(38-22-25-40(46)37(28-38)27-33-20-23-39(24-21-33)48-4-2)44(51-32-36-18-12-7-13-19-36)43(50-31-35-16-10-6-11-17-35)42(41(29-47)52-45)49-30-34-14-8-5-9-15-34/h3,5-25,28,41-44,47H,1,4,26-27,29-32H2,2H3/t41-,42-,43+,44-,45+/m1/s1. The summed E-state index contributed by atoms with van der Waals surface area (Å²) < 4.78 is 33.3. The molecule has 6 nitrogen and oxygen atoms in total. The predicted octanol–water partition coefficient (Wildman–Crippen LogP) is 9.25. The third-order valence-corrected chi connectivity index (χ3v) is 9.81. The predicted molar refractivity (Wildman–Crippen MR) is 205 cm³/mol. The first-order valence-electron chi connectivity index (χ1n) is 17.9. The summed E-state index contributed by atoms with van der Waals surface area (Å²) in [4.78, 5) is 0. The zero-order chi connectivity index (χ0) is 36.2. The van der Waals surface area contributed by atoms with Gasteiger partial charge in [0, 0.05) is 11.4 Å². The lowest BCUT2D eigenvalue weighted by atomic mass is 9.76. The molecule has 0 spiro atoms. The molecule has 0 radical (unpaired) electrons. The molecule has 1 aliphatic rings. The van der Waals surface area contributed by atoms with E-state index in [1.165, 1.54) is 0 Å². The van der Waals surface area contributed by atoms with Gasteiger partial charge in [0.15, 0.2) is 0 Å². The Morgan fingerprint density at radius 2 is 1.27 bits per heavy atom. The Kier molecular flexibility index (Phi) is 13.3. The summed E-state index contributed by atoms with van der Waals surface area (Å²) in [6.45, 7) is 7.38. The van der Waals surface area contributed by atoms with Crippen molar-refractivity contribution in [2.45, 2.75) is 69.6 Å². The van der Waals surface area contributed by atoms with Crippen LogP contribution in [0.3, 0.4) is 0 Å². The average molecular weight is 719 g/mol. The second kappa shape index (κ2) is 18.5. The van der Waals surface area contributed by atoms with Crippen LogP contribution >= 0.6 is 11.6 Å². The van der Waals surface area contributed by atoms with E-state index in [0.717, 1.165) is 39.1 Å². The quantitative estimate of drug-likeness (QED) is 0.0968. The minimum atomic E-state index is -1.12. The summed E-state index contributed by atoms with van der Waals surface area (Å²) in [5, 5.41) is 11.6. The highest BCUT2D eigenvalue weighted by Gasteiger charge is 2.57. The lowest BCUT2D eigenvalue weighted by molar-refractivity contribution is -0.310. The maximum Gasteiger partial charge on any atom is 0.126 e. The number of halogens is 1. The topological polar surface area (TPSA) is 66.4 Å². The maximum absolute atomic E-state index is 11.0. The first kappa shape index (κ1) is 37.5. The molecule has 0 bridgehead atoms. The van der Waals surface area contributed by atoms with Gasteiger partial charge in [-0.25, -0.2) is 0 Å². The normalized spacial score (nSPS) is 21.4. The van der Waals surface area contributed by atoms with Gasteiger partial charge in [-0.3, -0.25) is 0 Å². The molecular weight excluding hydrogens is 672 g/mol. The van der Waals surface area contributed by atoms with Crippen molar-refractivity contribution in [2.24, 2.45) is 0 Å². The molecule has 5 atom stereocenters. The third kappa shape index (κ3) is 9.20. The molecule has 5 aromatic carbocycles. The van der Waals surface area contributed by atoms with E-state index in [2.05, 4.69) is 24.8 Å². The van der Waals surface area contributed by atoms with Crippen molar-refractivity contribution in [3.05, 3.63) is 185 Å². The molecule has 0 unspecified atom stereocenters. The summed E-state index contributed by atoms with van der Waals surface area (Å²) >= 11 is 6.89. The van der Waals surface area contributed by atoms with Gasteiger partial charge in [0.25, 0.3) is 0 Å². The van der Waals surface area contributed by atoms with E-state index < -0.39 is 30.0 Å². The smallest absolute Gasteiger partial charge is 0.126 e. The molecule has 0 amide bonds. The summed E-state index contributed by atoms with van der Waals surface area (Å²) in [7, 11) is 0. The summed E-state index contributed by atoms with van der Waals surface area (Å²) in [5.41, 5.74) is 4.78. The molecule has 52 heavy (non-hydrogen) atoms. The van der Waals surface area contributed by atoms with Gasteiger partial charge in [-0.05, 0) is 64.9 Å². The molecule has 0 aromatic heterocycles. The minimum absolute atomic E-state index is 0.290.